The first-order valence-corrected chi connectivity index (χ1v) is 9.24. The molecule has 0 radical (unpaired) electrons. The lowest BCUT2D eigenvalue weighted by molar-refractivity contribution is -0.139. The molecule has 2 atom stereocenters. The van der Waals surface area contributed by atoms with E-state index in [0.29, 0.717) is 16.3 Å². The number of hydrogen-bond acceptors (Lipinski definition) is 3. The number of carbonyl (C=O) groups is 2. The van der Waals surface area contributed by atoms with Gasteiger partial charge in [0.15, 0.2) is 0 Å². The van der Waals surface area contributed by atoms with Gasteiger partial charge in [0.1, 0.15) is 6.04 Å². The van der Waals surface area contributed by atoms with Crippen molar-refractivity contribution in [1.82, 2.24) is 5.32 Å². The fraction of sp³-hybridized carbons (Fsp3) is 0.300. The SMILES string of the molecule is C[C@@H]1C(=O)Nc2cc(C(=O)N[C@@H](CC(F)(F)F)c3ccc(Cl)cc3)ccc2N1C. The Balaban J connectivity index is 1.85. The smallest absolute Gasteiger partial charge is 0.361 e. The zero-order chi connectivity index (χ0) is 21.3. The minimum absolute atomic E-state index is 0.146. The Labute approximate surface area is 170 Å². The second kappa shape index (κ2) is 7.94. The topological polar surface area (TPSA) is 61.4 Å². The predicted molar refractivity (Wildman–Crippen MR) is 105 cm³/mol. The normalized spacial score (nSPS) is 17.4. The van der Waals surface area contributed by atoms with Crippen LogP contribution in [0.1, 0.15) is 35.3 Å². The third kappa shape index (κ3) is 4.82. The molecule has 0 bridgehead atoms. The minimum Gasteiger partial charge on any atom is -0.361 e. The number of likely N-dealkylation sites (N-methyl/N-ethyl adjacent to an activating group) is 1. The van der Waals surface area contributed by atoms with Crippen LogP contribution < -0.4 is 15.5 Å². The summed E-state index contributed by atoms with van der Waals surface area (Å²) in [6.45, 7) is 1.74. The molecule has 0 spiro atoms. The Hall–Kier alpha value is -2.74. The maximum absolute atomic E-state index is 13.0. The van der Waals surface area contributed by atoms with Crippen molar-refractivity contribution in [3.63, 3.8) is 0 Å². The minimum atomic E-state index is -4.47. The first kappa shape index (κ1) is 21.0. The van der Waals surface area contributed by atoms with Gasteiger partial charge in [-0.05, 0) is 42.8 Å². The highest BCUT2D eigenvalue weighted by Crippen LogP contribution is 2.33. The van der Waals surface area contributed by atoms with Crippen molar-refractivity contribution in [1.29, 1.82) is 0 Å². The van der Waals surface area contributed by atoms with E-state index in [1.165, 1.54) is 36.4 Å². The zero-order valence-electron chi connectivity index (χ0n) is 15.7. The Morgan fingerprint density at radius 3 is 2.52 bits per heavy atom. The van der Waals surface area contributed by atoms with E-state index in [0.717, 1.165) is 5.69 Å². The molecule has 1 aliphatic rings. The van der Waals surface area contributed by atoms with E-state index in [-0.39, 0.29) is 17.5 Å². The molecule has 0 aliphatic carbocycles. The van der Waals surface area contributed by atoms with Crippen LogP contribution >= 0.6 is 11.6 Å². The van der Waals surface area contributed by atoms with Crippen LogP contribution in [0.4, 0.5) is 24.5 Å². The lowest BCUT2D eigenvalue weighted by Gasteiger charge is -2.33. The van der Waals surface area contributed by atoms with Gasteiger partial charge in [0.05, 0.1) is 23.8 Å². The highest BCUT2D eigenvalue weighted by Gasteiger charge is 2.34. The average Bonchev–Trinajstić information content (AvgIpc) is 2.64. The van der Waals surface area contributed by atoms with E-state index in [1.54, 1.807) is 24.9 Å². The van der Waals surface area contributed by atoms with Crippen molar-refractivity contribution in [3.8, 4) is 0 Å². The summed E-state index contributed by atoms with van der Waals surface area (Å²) in [7, 11) is 1.75. The summed E-state index contributed by atoms with van der Waals surface area (Å²) in [6, 6.07) is 8.82. The number of fused-ring (bicyclic) bond motifs is 1. The van der Waals surface area contributed by atoms with Crippen LogP contribution in [0.15, 0.2) is 42.5 Å². The quantitative estimate of drug-likeness (QED) is 0.756. The summed E-state index contributed by atoms with van der Waals surface area (Å²) >= 11 is 5.80. The Morgan fingerprint density at radius 2 is 1.90 bits per heavy atom. The highest BCUT2D eigenvalue weighted by molar-refractivity contribution is 6.30. The molecule has 2 aromatic rings. The summed E-state index contributed by atoms with van der Waals surface area (Å²) in [5.74, 6) is -0.902. The fourth-order valence-electron chi connectivity index (χ4n) is 3.13. The molecular formula is C20H19ClF3N3O2. The summed E-state index contributed by atoms with van der Waals surface area (Å²) in [4.78, 5) is 26.4. The summed E-state index contributed by atoms with van der Waals surface area (Å²) in [6.07, 6.45) is -5.69. The molecule has 154 valence electrons. The van der Waals surface area contributed by atoms with Gasteiger partial charge >= 0.3 is 6.18 Å². The lowest BCUT2D eigenvalue weighted by atomic mass is 10.0. The van der Waals surface area contributed by atoms with Crippen LogP contribution in [0.3, 0.4) is 0 Å². The Bertz CT molecular complexity index is 932. The average molecular weight is 426 g/mol. The molecule has 1 heterocycles. The van der Waals surface area contributed by atoms with Gasteiger partial charge in [-0.15, -0.1) is 0 Å². The van der Waals surface area contributed by atoms with Crippen molar-refractivity contribution >= 4 is 34.8 Å². The zero-order valence-corrected chi connectivity index (χ0v) is 16.4. The molecule has 2 aromatic carbocycles. The monoisotopic (exact) mass is 425 g/mol. The molecule has 0 aromatic heterocycles. The van der Waals surface area contributed by atoms with Crippen LogP contribution in [0.5, 0.6) is 0 Å². The Morgan fingerprint density at radius 1 is 1.24 bits per heavy atom. The third-order valence-electron chi connectivity index (χ3n) is 4.87. The van der Waals surface area contributed by atoms with Crippen molar-refractivity contribution in [2.45, 2.75) is 31.6 Å². The molecular weight excluding hydrogens is 407 g/mol. The molecule has 0 saturated carbocycles. The van der Waals surface area contributed by atoms with Crippen molar-refractivity contribution in [2.24, 2.45) is 0 Å². The van der Waals surface area contributed by atoms with Gasteiger partial charge in [-0.1, -0.05) is 23.7 Å². The number of anilines is 2. The van der Waals surface area contributed by atoms with Gasteiger partial charge in [0.25, 0.3) is 5.91 Å². The van der Waals surface area contributed by atoms with E-state index in [1.807, 2.05) is 0 Å². The van der Waals surface area contributed by atoms with Crippen molar-refractivity contribution in [2.75, 3.05) is 17.3 Å². The number of benzene rings is 2. The number of hydrogen-bond donors (Lipinski definition) is 2. The van der Waals surface area contributed by atoms with Crippen LogP contribution in [0, 0.1) is 0 Å². The van der Waals surface area contributed by atoms with Crippen LogP contribution in [-0.4, -0.2) is 31.1 Å². The van der Waals surface area contributed by atoms with E-state index in [2.05, 4.69) is 10.6 Å². The number of amides is 2. The molecule has 5 nitrogen and oxygen atoms in total. The molecule has 29 heavy (non-hydrogen) atoms. The number of carbonyl (C=O) groups excluding carboxylic acids is 2. The van der Waals surface area contributed by atoms with Gasteiger partial charge in [0, 0.05) is 17.6 Å². The molecule has 0 unspecified atom stereocenters. The second-order valence-electron chi connectivity index (χ2n) is 6.90. The molecule has 1 aliphatic heterocycles. The van der Waals surface area contributed by atoms with Crippen LogP contribution in [-0.2, 0) is 4.79 Å². The Kier molecular flexibility index (Phi) is 5.75. The van der Waals surface area contributed by atoms with Crippen molar-refractivity contribution in [3.05, 3.63) is 58.6 Å². The number of halogens is 4. The van der Waals surface area contributed by atoms with Crippen LogP contribution in [0.25, 0.3) is 0 Å². The standard InChI is InChI=1S/C20H19ClF3N3O2/c1-11-18(28)25-15-9-13(5-8-17(15)27(11)2)19(29)26-16(10-20(22,23)24)12-3-6-14(21)7-4-12/h3-9,11,16H,10H2,1-2H3,(H,25,28)(H,26,29)/t11-,16+/m1/s1. The second-order valence-corrected chi connectivity index (χ2v) is 7.34. The predicted octanol–water partition coefficient (Wildman–Crippen LogP) is 4.54. The first-order chi connectivity index (χ1) is 13.5. The maximum atomic E-state index is 13.0. The molecule has 2 N–H and O–H groups in total. The van der Waals surface area contributed by atoms with E-state index in [9.17, 15) is 22.8 Å². The number of nitrogens with zero attached hydrogens (tertiary/aromatic N) is 1. The molecule has 9 heteroatoms. The van der Waals surface area contributed by atoms with Gasteiger partial charge in [-0.3, -0.25) is 9.59 Å². The largest absolute Gasteiger partial charge is 0.391 e. The van der Waals surface area contributed by atoms with E-state index < -0.39 is 24.5 Å². The van der Waals surface area contributed by atoms with Crippen LogP contribution in [0.2, 0.25) is 5.02 Å². The van der Waals surface area contributed by atoms with Gasteiger partial charge in [0.2, 0.25) is 5.91 Å². The van der Waals surface area contributed by atoms with E-state index >= 15 is 0 Å². The molecule has 2 amide bonds. The fourth-order valence-corrected chi connectivity index (χ4v) is 3.25. The number of nitrogens with one attached hydrogen (secondary N) is 2. The van der Waals surface area contributed by atoms with Gasteiger partial charge < -0.3 is 15.5 Å². The number of alkyl halides is 3. The van der Waals surface area contributed by atoms with E-state index in [4.69, 9.17) is 11.6 Å². The van der Waals surface area contributed by atoms with Gasteiger partial charge in [-0.2, -0.15) is 13.2 Å². The third-order valence-corrected chi connectivity index (χ3v) is 5.12. The molecule has 0 saturated heterocycles. The highest BCUT2D eigenvalue weighted by atomic mass is 35.5. The van der Waals surface area contributed by atoms with Gasteiger partial charge in [-0.25, -0.2) is 0 Å². The lowest BCUT2D eigenvalue weighted by Crippen LogP contribution is -2.44. The summed E-state index contributed by atoms with van der Waals surface area (Å²) in [5.41, 5.74) is 1.59. The maximum Gasteiger partial charge on any atom is 0.391 e. The summed E-state index contributed by atoms with van der Waals surface area (Å²) in [5, 5.41) is 5.53. The van der Waals surface area contributed by atoms with Crippen molar-refractivity contribution < 1.29 is 22.8 Å². The summed E-state index contributed by atoms with van der Waals surface area (Å²) < 4.78 is 39.1. The number of rotatable bonds is 4. The molecule has 3 rings (SSSR count). The molecule has 0 fully saturated rings. The first-order valence-electron chi connectivity index (χ1n) is 8.86.